The highest BCUT2D eigenvalue weighted by molar-refractivity contribution is 5.41. The van der Waals surface area contributed by atoms with E-state index in [-0.39, 0.29) is 37.9 Å². The summed E-state index contributed by atoms with van der Waals surface area (Å²) in [6, 6.07) is 3.99. The average Bonchev–Trinajstić information content (AvgIpc) is 3.17. The summed E-state index contributed by atoms with van der Waals surface area (Å²) in [6.07, 6.45) is -6.87. The molecular weight excluding hydrogens is 380 g/mol. The van der Waals surface area contributed by atoms with E-state index in [2.05, 4.69) is 0 Å². The molecule has 28 heavy (non-hydrogen) atoms. The molecule has 6 N–H and O–H groups in total. The van der Waals surface area contributed by atoms with E-state index in [1.165, 1.54) is 18.2 Å². The number of benzene rings is 1. The topological polar surface area (TPSA) is 168 Å². The molecule has 2 fully saturated rings. The molecule has 2 heterocycles. The molecule has 5 atom stereocenters. The van der Waals surface area contributed by atoms with Crippen LogP contribution in [0.15, 0.2) is 18.2 Å². The smallest absolute Gasteiger partial charge is 0.312 e. The maximum absolute atomic E-state index is 9.93. The molecule has 0 saturated carbocycles. The number of hydrogen-bond acceptors (Lipinski definition) is 11. The summed E-state index contributed by atoms with van der Waals surface area (Å²) in [7, 11) is 0. The average molecular weight is 404 g/mol. The van der Waals surface area contributed by atoms with Gasteiger partial charge >= 0.3 is 5.97 Å². The first-order valence-corrected chi connectivity index (χ1v) is 8.74. The molecule has 2 saturated heterocycles. The van der Waals surface area contributed by atoms with Crippen LogP contribution in [0.25, 0.3) is 0 Å². The van der Waals surface area contributed by atoms with Crippen molar-refractivity contribution in [2.45, 2.75) is 36.7 Å². The van der Waals surface area contributed by atoms with Crippen molar-refractivity contribution in [1.82, 2.24) is 0 Å². The molecule has 2 unspecified atom stereocenters. The molecule has 1 aromatic carbocycles. The quantitative estimate of drug-likeness (QED) is 0.222. The molecular formula is C17H24O11. The summed E-state index contributed by atoms with van der Waals surface area (Å²) in [5.74, 6) is -2.26. The fourth-order valence-electron chi connectivity index (χ4n) is 2.99. The Labute approximate surface area is 160 Å². The van der Waals surface area contributed by atoms with Gasteiger partial charge in [0.1, 0.15) is 24.4 Å². The Morgan fingerprint density at radius 1 is 0.964 bits per heavy atom. The number of aromatic hydroxyl groups is 2. The second-order valence-electron chi connectivity index (χ2n) is 6.37. The van der Waals surface area contributed by atoms with Gasteiger partial charge in [0.15, 0.2) is 17.8 Å². The third-order valence-electron chi connectivity index (χ3n) is 4.50. The summed E-state index contributed by atoms with van der Waals surface area (Å²) in [5, 5.41) is 57.7. The van der Waals surface area contributed by atoms with E-state index >= 15 is 0 Å². The number of hydrogen-bond donors (Lipinski definition) is 6. The zero-order chi connectivity index (χ0) is 20.3. The van der Waals surface area contributed by atoms with Crippen LogP contribution in [-0.4, -0.2) is 94.4 Å². The second-order valence-corrected chi connectivity index (χ2v) is 6.37. The number of rotatable bonds is 7. The Morgan fingerprint density at radius 3 is 2.32 bits per heavy atom. The fourth-order valence-corrected chi connectivity index (χ4v) is 2.99. The summed E-state index contributed by atoms with van der Waals surface area (Å²) in [5.41, 5.74) is 0.327. The number of aliphatic hydroxyl groups excluding tert-OH is 4. The Balaban J connectivity index is 1.57. The Morgan fingerprint density at radius 2 is 1.68 bits per heavy atom. The lowest BCUT2D eigenvalue weighted by molar-refractivity contribution is -0.352. The van der Waals surface area contributed by atoms with Gasteiger partial charge in [-0.15, -0.1) is 0 Å². The van der Waals surface area contributed by atoms with Crippen LogP contribution in [0.2, 0.25) is 0 Å². The Kier molecular flexibility index (Phi) is 6.70. The van der Waals surface area contributed by atoms with Gasteiger partial charge in [-0.3, -0.25) is 0 Å². The lowest BCUT2D eigenvalue weighted by atomic mass is 9.99. The summed E-state index contributed by atoms with van der Waals surface area (Å²) in [4.78, 5) is 0. The van der Waals surface area contributed by atoms with Gasteiger partial charge in [0, 0.05) is 5.56 Å². The molecule has 3 rings (SSSR count). The maximum Gasteiger partial charge on any atom is 0.312 e. The number of phenolic OH excluding ortho intramolecular Hbond substituents is 2. The molecule has 11 nitrogen and oxygen atoms in total. The third kappa shape index (κ3) is 4.22. The van der Waals surface area contributed by atoms with E-state index in [0.29, 0.717) is 5.56 Å². The van der Waals surface area contributed by atoms with Crippen LogP contribution in [0.1, 0.15) is 5.56 Å². The van der Waals surface area contributed by atoms with Crippen molar-refractivity contribution in [3.63, 3.8) is 0 Å². The van der Waals surface area contributed by atoms with Gasteiger partial charge in [0.25, 0.3) is 0 Å². The van der Waals surface area contributed by atoms with Crippen LogP contribution >= 0.6 is 0 Å². The van der Waals surface area contributed by atoms with E-state index in [1.807, 2.05) is 0 Å². The maximum atomic E-state index is 9.93. The molecule has 0 aliphatic carbocycles. The predicted octanol–water partition coefficient (Wildman–Crippen LogP) is -1.91. The minimum absolute atomic E-state index is 0.0866. The van der Waals surface area contributed by atoms with Crippen molar-refractivity contribution in [2.75, 3.05) is 33.0 Å². The van der Waals surface area contributed by atoms with Crippen LogP contribution in [0.4, 0.5) is 0 Å². The van der Waals surface area contributed by atoms with Crippen molar-refractivity contribution in [3.05, 3.63) is 23.8 Å². The summed E-state index contributed by atoms with van der Waals surface area (Å²) < 4.78 is 27.3. The molecule has 0 spiro atoms. The monoisotopic (exact) mass is 404 g/mol. The number of aliphatic hydroxyl groups is 4. The Hall–Kier alpha value is -1.54. The molecule has 158 valence electrons. The van der Waals surface area contributed by atoms with Crippen molar-refractivity contribution < 1.29 is 54.3 Å². The van der Waals surface area contributed by atoms with E-state index < -0.39 is 43.3 Å². The largest absolute Gasteiger partial charge is 0.504 e. The highest BCUT2D eigenvalue weighted by Crippen LogP contribution is 2.37. The van der Waals surface area contributed by atoms with Gasteiger partial charge < -0.3 is 54.3 Å². The molecule has 0 aromatic heterocycles. The van der Waals surface area contributed by atoms with Crippen molar-refractivity contribution >= 4 is 0 Å². The first-order chi connectivity index (χ1) is 13.4. The van der Waals surface area contributed by atoms with Crippen LogP contribution < -0.4 is 0 Å². The minimum Gasteiger partial charge on any atom is -0.504 e. The highest BCUT2D eigenvalue weighted by Gasteiger charge is 2.44. The molecule has 2 aliphatic heterocycles. The second kappa shape index (κ2) is 8.86. The van der Waals surface area contributed by atoms with Gasteiger partial charge in [0.2, 0.25) is 0 Å². The molecule has 11 heteroatoms. The fraction of sp³-hybridized carbons (Fsp3) is 0.647. The Bertz CT molecular complexity index is 646. The van der Waals surface area contributed by atoms with Crippen molar-refractivity contribution in [3.8, 4) is 11.5 Å². The van der Waals surface area contributed by atoms with E-state index in [4.69, 9.17) is 23.7 Å². The van der Waals surface area contributed by atoms with Gasteiger partial charge in [-0.25, -0.2) is 0 Å². The standard InChI is InChI=1S/C17H24O11/c18-8-12-13(21)14(22)15(23)16(28-12)24-3-4-25-17(26-5-6-27-17)9-1-2-10(19)11(20)7-9/h1-2,7,12-16,18-23H,3-6,8H2/t12?,13-,14?,15-,16+/m1/s1. The molecule has 0 bridgehead atoms. The number of phenols is 2. The van der Waals surface area contributed by atoms with Crippen LogP contribution in [-0.2, 0) is 29.7 Å². The van der Waals surface area contributed by atoms with Crippen LogP contribution in [0.3, 0.4) is 0 Å². The number of ether oxygens (including phenoxy) is 5. The van der Waals surface area contributed by atoms with Gasteiger partial charge in [0.05, 0.1) is 33.0 Å². The molecule has 0 amide bonds. The lowest BCUT2D eigenvalue weighted by Gasteiger charge is -2.39. The van der Waals surface area contributed by atoms with Crippen molar-refractivity contribution in [1.29, 1.82) is 0 Å². The van der Waals surface area contributed by atoms with Gasteiger partial charge in [-0.1, -0.05) is 0 Å². The van der Waals surface area contributed by atoms with Crippen LogP contribution in [0, 0.1) is 0 Å². The SMILES string of the molecule is OCC1O[C@H](OCCOC2(c3ccc(O)c(O)c3)OCCO2)[C@H](O)C(O)[C@@H]1O. The zero-order valence-corrected chi connectivity index (χ0v) is 14.9. The first kappa shape index (κ1) is 21.2. The highest BCUT2D eigenvalue weighted by atomic mass is 16.9. The van der Waals surface area contributed by atoms with Crippen LogP contribution in [0.5, 0.6) is 11.5 Å². The minimum atomic E-state index is -1.59. The third-order valence-corrected chi connectivity index (χ3v) is 4.50. The van der Waals surface area contributed by atoms with Gasteiger partial charge in [-0.05, 0) is 18.2 Å². The van der Waals surface area contributed by atoms with E-state index in [9.17, 15) is 30.6 Å². The molecule has 2 aliphatic rings. The molecule has 1 aromatic rings. The van der Waals surface area contributed by atoms with E-state index in [0.717, 1.165) is 0 Å². The zero-order valence-electron chi connectivity index (χ0n) is 14.9. The summed E-state index contributed by atoms with van der Waals surface area (Å²) >= 11 is 0. The van der Waals surface area contributed by atoms with Gasteiger partial charge in [-0.2, -0.15) is 0 Å². The van der Waals surface area contributed by atoms with E-state index in [1.54, 1.807) is 0 Å². The molecule has 0 radical (unpaired) electrons. The lowest BCUT2D eigenvalue weighted by Crippen LogP contribution is -2.59. The van der Waals surface area contributed by atoms with Crippen molar-refractivity contribution in [2.24, 2.45) is 0 Å². The first-order valence-electron chi connectivity index (χ1n) is 8.74. The normalized spacial score (nSPS) is 32.5. The summed E-state index contributed by atoms with van der Waals surface area (Å²) in [6.45, 7) is -0.265. The predicted molar refractivity (Wildman–Crippen MR) is 89.0 cm³/mol.